The van der Waals surface area contributed by atoms with Crippen LogP contribution >= 0.6 is 11.3 Å². The van der Waals surface area contributed by atoms with Crippen molar-refractivity contribution in [1.29, 1.82) is 0 Å². The monoisotopic (exact) mass is 382 g/mol. The quantitative estimate of drug-likeness (QED) is 0.501. The minimum absolute atomic E-state index is 0.0234. The van der Waals surface area contributed by atoms with Crippen molar-refractivity contribution in [2.24, 2.45) is 0 Å². The lowest BCUT2D eigenvalue weighted by molar-refractivity contribution is -0.384. The van der Waals surface area contributed by atoms with E-state index < -0.39 is 4.92 Å². The van der Waals surface area contributed by atoms with Crippen molar-refractivity contribution in [3.63, 3.8) is 0 Å². The zero-order valence-electron chi connectivity index (χ0n) is 14.7. The summed E-state index contributed by atoms with van der Waals surface area (Å²) in [5.41, 5.74) is 1.49. The van der Waals surface area contributed by atoms with Crippen LogP contribution in [0.15, 0.2) is 47.8 Å². The standard InChI is InChI=1S/C19H18N4O3S/c1-13-10-18(22-7-8-26-16(12-22)17-6-3-9-27-17)21-19(20-13)14-4-2-5-15(11-14)23(24)25/h2-6,9-11,16H,7-8,12H2,1H3. The summed E-state index contributed by atoms with van der Waals surface area (Å²) >= 11 is 1.69. The molecule has 2 aromatic heterocycles. The van der Waals surface area contributed by atoms with Crippen molar-refractivity contribution < 1.29 is 9.66 Å². The fraction of sp³-hybridized carbons (Fsp3) is 0.263. The number of anilines is 1. The van der Waals surface area contributed by atoms with Gasteiger partial charge in [0.15, 0.2) is 5.82 Å². The number of nitro benzene ring substituents is 1. The van der Waals surface area contributed by atoms with Gasteiger partial charge in [0.25, 0.3) is 5.69 Å². The molecule has 0 N–H and O–H groups in total. The Hall–Kier alpha value is -2.84. The van der Waals surface area contributed by atoms with Crippen LogP contribution in [0.5, 0.6) is 0 Å². The van der Waals surface area contributed by atoms with Gasteiger partial charge in [-0.15, -0.1) is 11.3 Å². The molecule has 1 aromatic carbocycles. The summed E-state index contributed by atoms with van der Waals surface area (Å²) in [5, 5.41) is 13.1. The van der Waals surface area contributed by atoms with Gasteiger partial charge in [-0.3, -0.25) is 10.1 Å². The number of aromatic nitrogens is 2. The van der Waals surface area contributed by atoms with E-state index in [0.29, 0.717) is 24.5 Å². The third kappa shape index (κ3) is 3.81. The maximum Gasteiger partial charge on any atom is 0.270 e. The SMILES string of the molecule is Cc1cc(N2CCOC(c3cccs3)C2)nc(-c2cccc([N+](=O)[O-])c2)n1. The van der Waals surface area contributed by atoms with Crippen LogP contribution in [0, 0.1) is 17.0 Å². The van der Waals surface area contributed by atoms with Crippen LogP contribution in [0.25, 0.3) is 11.4 Å². The second kappa shape index (κ2) is 7.42. The van der Waals surface area contributed by atoms with E-state index >= 15 is 0 Å². The Balaban J connectivity index is 1.64. The molecular formula is C19H18N4O3S. The molecule has 1 saturated heterocycles. The Morgan fingerprint density at radius 1 is 1.26 bits per heavy atom. The van der Waals surface area contributed by atoms with E-state index in [4.69, 9.17) is 4.74 Å². The summed E-state index contributed by atoms with van der Waals surface area (Å²) in [6.07, 6.45) is 0.0234. The van der Waals surface area contributed by atoms with E-state index in [-0.39, 0.29) is 11.8 Å². The lowest BCUT2D eigenvalue weighted by atomic mass is 10.2. The molecule has 0 radical (unpaired) electrons. The first-order chi connectivity index (χ1) is 13.1. The predicted octanol–water partition coefficient (Wildman–Crippen LogP) is 4.00. The molecule has 4 rings (SSSR count). The summed E-state index contributed by atoms with van der Waals surface area (Å²) in [5.74, 6) is 1.31. The van der Waals surface area contributed by atoms with Gasteiger partial charge in [0, 0.05) is 40.9 Å². The van der Waals surface area contributed by atoms with Crippen molar-refractivity contribution in [2.45, 2.75) is 13.0 Å². The van der Waals surface area contributed by atoms with E-state index in [1.54, 1.807) is 23.5 Å². The van der Waals surface area contributed by atoms with E-state index in [1.165, 1.54) is 17.0 Å². The maximum atomic E-state index is 11.1. The lowest BCUT2D eigenvalue weighted by Gasteiger charge is -2.33. The molecule has 0 spiro atoms. The molecule has 7 nitrogen and oxygen atoms in total. The normalized spacial score (nSPS) is 17.1. The third-order valence-electron chi connectivity index (χ3n) is 4.41. The van der Waals surface area contributed by atoms with Crippen molar-refractivity contribution in [3.05, 3.63) is 68.5 Å². The Morgan fingerprint density at radius 3 is 2.93 bits per heavy atom. The van der Waals surface area contributed by atoms with Crippen LogP contribution in [0.3, 0.4) is 0 Å². The minimum Gasteiger partial charge on any atom is -0.369 e. The Labute approximate surface area is 160 Å². The van der Waals surface area contributed by atoms with Crippen LogP contribution < -0.4 is 4.90 Å². The lowest BCUT2D eigenvalue weighted by Crippen LogP contribution is -2.38. The Bertz CT molecular complexity index is 961. The van der Waals surface area contributed by atoms with Gasteiger partial charge in [0.05, 0.1) is 18.1 Å². The van der Waals surface area contributed by atoms with E-state index in [2.05, 4.69) is 20.9 Å². The number of benzene rings is 1. The fourth-order valence-electron chi connectivity index (χ4n) is 3.11. The zero-order chi connectivity index (χ0) is 18.8. The molecule has 27 heavy (non-hydrogen) atoms. The van der Waals surface area contributed by atoms with Gasteiger partial charge in [-0.2, -0.15) is 0 Å². The van der Waals surface area contributed by atoms with E-state index in [0.717, 1.165) is 18.1 Å². The molecule has 1 aliphatic rings. The molecule has 0 saturated carbocycles. The van der Waals surface area contributed by atoms with Crippen molar-refractivity contribution in [1.82, 2.24) is 9.97 Å². The van der Waals surface area contributed by atoms with Gasteiger partial charge in [-0.05, 0) is 18.4 Å². The first-order valence-electron chi connectivity index (χ1n) is 8.60. The summed E-state index contributed by atoms with van der Waals surface area (Å²) in [6, 6.07) is 12.5. The molecule has 3 aromatic rings. The fourth-order valence-corrected chi connectivity index (χ4v) is 3.87. The third-order valence-corrected chi connectivity index (χ3v) is 5.37. The van der Waals surface area contributed by atoms with Crippen molar-refractivity contribution >= 4 is 22.8 Å². The minimum atomic E-state index is -0.409. The second-order valence-electron chi connectivity index (χ2n) is 6.32. The number of nitro groups is 1. The first kappa shape index (κ1) is 17.6. The highest BCUT2D eigenvalue weighted by atomic mass is 32.1. The summed E-state index contributed by atoms with van der Waals surface area (Å²) in [7, 11) is 0. The van der Waals surface area contributed by atoms with Gasteiger partial charge in [-0.1, -0.05) is 18.2 Å². The molecule has 1 fully saturated rings. The average molecular weight is 382 g/mol. The van der Waals surface area contributed by atoms with Crippen LogP contribution in [-0.4, -0.2) is 34.6 Å². The molecule has 1 unspecified atom stereocenters. The number of thiophene rings is 1. The Morgan fingerprint density at radius 2 is 2.15 bits per heavy atom. The van der Waals surface area contributed by atoms with Crippen LogP contribution in [-0.2, 0) is 4.74 Å². The second-order valence-corrected chi connectivity index (χ2v) is 7.30. The highest BCUT2D eigenvalue weighted by molar-refractivity contribution is 7.10. The maximum absolute atomic E-state index is 11.1. The number of non-ortho nitro benzene ring substituents is 1. The van der Waals surface area contributed by atoms with Crippen LogP contribution in [0.2, 0.25) is 0 Å². The molecule has 3 heterocycles. The summed E-state index contributed by atoms with van der Waals surface area (Å²) in [6.45, 7) is 3.99. The first-order valence-corrected chi connectivity index (χ1v) is 9.48. The highest BCUT2D eigenvalue weighted by Crippen LogP contribution is 2.29. The van der Waals surface area contributed by atoms with Gasteiger partial charge < -0.3 is 9.64 Å². The van der Waals surface area contributed by atoms with Gasteiger partial charge in [0.2, 0.25) is 0 Å². The number of rotatable bonds is 4. The molecule has 0 aliphatic carbocycles. The van der Waals surface area contributed by atoms with E-state index in [9.17, 15) is 10.1 Å². The van der Waals surface area contributed by atoms with Gasteiger partial charge in [0.1, 0.15) is 11.9 Å². The number of hydrogen-bond donors (Lipinski definition) is 0. The number of aryl methyl sites for hydroxylation is 1. The van der Waals surface area contributed by atoms with Crippen LogP contribution in [0.1, 0.15) is 16.7 Å². The van der Waals surface area contributed by atoms with E-state index in [1.807, 2.05) is 24.4 Å². The molecule has 0 amide bonds. The molecule has 1 aliphatic heterocycles. The predicted molar refractivity (Wildman–Crippen MR) is 104 cm³/mol. The number of hydrogen-bond acceptors (Lipinski definition) is 7. The molecule has 138 valence electrons. The average Bonchev–Trinajstić information content (AvgIpc) is 3.22. The van der Waals surface area contributed by atoms with Crippen LogP contribution in [0.4, 0.5) is 11.5 Å². The number of ether oxygens (including phenoxy) is 1. The van der Waals surface area contributed by atoms with Crippen molar-refractivity contribution in [2.75, 3.05) is 24.6 Å². The smallest absolute Gasteiger partial charge is 0.270 e. The van der Waals surface area contributed by atoms with Gasteiger partial charge >= 0.3 is 0 Å². The Kier molecular flexibility index (Phi) is 4.83. The number of morpholine rings is 1. The molecule has 1 atom stereocenters. The summed E-state index contributed by atoms with van der Waals surface area (Å²) < 4.78 is 5.91. The van der Waals surface area contributed by atoms with Gasteiger partial charge in [-0.25, -0.2) is 9.97 Å². The molecule has 0 bridgehead atoms. The molecular weight excluding hydrogens is 364 g/mol. The van der Waals surface area contributed by atoms with Crippen molar-refractivity contribution in [3.8, 4) is 11.4 Å². The molecule has 8 heteroatoms. The highest BCUT2D eigenvalue weighted by Gasteiger charge is 2.24. The largest absolute Gasteiger partial charge is 0.369 e. The number of nitrogens with zero attached hydrogens (tertiary/aromatic N) is 4. The topological polar surface area (TPSA) is 81.4 Å². The summed E-state index contributed by atoms with van der Waals surface area (Å²) in [4.78, 5) is 23.2. The zero-order valence-corrected chi connectivity index (χ0v) is 15.6.